The molecule has 0 saturated heterocycles. The lowest BCUT2D eigenvalue weighted by atomic mass is 10.1. The highest BCUT2D eigenvalue weighted by molar-refractivity contribution is 5.20. The van der Waals surface area contributed by atoms with E-state index in [-0.39, 0.29) is 6.04 Å². The summed E-state index contributed by atoms with van der Waals surface area (Å²) in [6, 6.07) is 10.2. The van der Waals surface area contributed by atoms with Crippen molar-refractivity contribution in [1.29, 1.82) is 0 Å². The van der Waals surface area contributed by atoms with Crippen molar-refractivity contribution in [1.82, 2.24) is 14.8 Å². The summed E-state index contributed by atoms with van der Waals surface area (Å²) in [7, 11) is 0. The van der Waals surface area contributed by atoms with E-state index in [1.54, 1.807) is 0 Å². The molecular weight excluding hydrogens is 200 g/mol. The lowest BCUT2D eigenvalue weighted by Crippen LogP contribution is -2.22. The van der Waals surface area contributed by atoms with Crippen molar-refractivity contribution in [2.75, 3.05) is 6.54 Å². The van der Waals surface area contributed by atoms with Crippen LogP contribution in [0.25, 0.3) is 0 Å². The first-order valence-electron chi connectivity index (χ1n) is 5.37. The molecule has 1 atom stereocenters. The van der Waals surface area contributed by atoms with Crippen molar-refractivity contribution >= 4 is 0 Å². The van der Waals surface area contributed by atoms with Crippen LogP contribution in [-0.2, 0) is 0 Å². The van der Waals surface area contributed by atoms with Crippen LogP contribution in [0, 0.1) is 13.8 Å². The third kappa shape index (κ3) is 1.97. The normalized spacial score (nSPS) is 12.7. The third-order valence-corrected chi connectivity index (χ3v) is 2.61. The molecule has 1 aromatic carbocycles. The highest BCUT2D eigenvalue weighted by atomic mass is 15.4. The van der Waals surface area contributed by atoms with Gasteiger partial charge in [0.05, 0.1) is 6.04 Å². The van der Waals surface area contributed by atoms with Crippen molar-refractivity contribution < 1.29 is 0 Å². The predicted octanol–water partition coefficient (Wildman–Crippen LogP) is 1.44. The zero-order valence-electron chi connectivity index (χ0n) is 9.59. The molecule has 16 heavy (non-hydrogen) atoms. The summed E-state index contributed by atoms with van der Waals surface area (Å²) in [5, 5.41) is 4.38. The van der Waals surface area contributed by atoms with Gasteiger partial charge in [-0.15, -0.1) is 0 Å². The van der Waals surface area contributed by atoms with Crippen molar-refractivity contribution in [2.45, 2.75) is 19.9 Å². The van der Waals surface area contributed by atoms with Crippen LogP contribution in [-0.4, -0.2) is 21.3 Å². The SMILES string of the molecule is Cc1nc(C)n(C(CN)c2ccccc2)n1. The monoisotopic (exact) mass is 216 g/mol. The minimum atomic E-state index is 0.0717. The molecule has 1 unspecified atom stereocenters. The molecule has 0 amide bonds. The van der Waals surface area contributed by atoms with Crippen LogP contribution in [0.3, 0.4) is 0 Å². The molecule has 0 fully saturated rings. The number of rotatable bonds is 3. The molecule has 84 valence electrons. The summed E-state index contributed by atoms with van der Waals surface area (Å²) in [6.45, 7) is 4.36. The molecule has 0 aliphatic carbocycles. The lowest BCUT2D eigenvalue weighted by Gasteiger charge is -2.16. The van der Waals surface area contributed by atoms with E-state index in [4.69, 9.17) is 5.73 Å². The Morgan fingerprint density at radius 2 is 1.94 bits per heavy atom. The van der Waals surface area contributed by atoms with Gasteiger partial charge in [0.15, 0.2) is 0 Å². The van der Waals surface area contributed by atoms with Crippen LogP contribution < -0.4 is 5.73 Å². The molecule has 0 aliphatic rings. The molecule has 1 heterocycles. The average Bonchev–Trinajstić information content (AvgIpc) is 2.61. The fraction of sp³-hybridized carbons (Fsp3) is 0.333. The van der Waals surface area contributed by atoms with Crippen molar-refractivity contribution in [2.24, 2.45) is 5.73 Å². The van der Waals surface area contributed by atoms with Gasteiger partial charge in [0.25, 0.3) is 0 Å². The Labute approximate surface area is 95.1 Å². The minimum absolute atomic E-state index is 0.0717. The summed E-state index contributed by atoms with van der Waals surface area (Å²) in [6.07, 6.45) is 0. The lowest BCUT2D eigenvalue weighted by molar-refractivity contribution is 0.514. The number of aryl methyl sites for hydroxylation is 2. The van der Waals surface area contributed by atoms with Gasteiger partial charge < -0.3 is 5.73 Å². The molecular formula is C12H16N4. The second-order valence-electron chi connectivity index (χ2n) is 3.81. The highest BCUT2D eigenvalue weighted by Gasteiger charge is 2.15. The molecule has 2 rings (SSSR count). The Bertz CT molecular complexity index is 461. The van der Waals surface area contributed by atoms with Gasteiger partial charge in [-0.25, -0.2) is 9.67 Å². The van der Waals surface area contributed by atoms with E-state index in [0.717, 1.165) is 17.2 Å². The molecule has 0 radical (unpaired) electrons. The fourth-order valence-electron chi connectivity index (χ4n) is 1.88. The summed E-state index contributed by atoms with van der Waals surface area (Å²) >= 11 is 0. The van der Waals surface area contributed by atoms with Gasteiger partial charge in [-0.3, -0.25) is 0 Å². The molecule has 0 bridgehead atoms. The Morgan fingerprint density at radius 1 is 1.25 bits per heavy atom. The van der Waals surface area contributed by atoms with Crippen molar-refractivity contribution in [3.8, 4) is 0 Å². The Morgan fingerprint density at radius 3 is 2.44 bits per heavy atom. The van der Waals surface area contributed by atoms with Crippen molar-refractivity contribution in [3.05, 3.63) is 47.5 Å². The molecule has 4 nitrogen and oxygen atoms in total. The van der Waals surface area contributed by atoms with E-state index in [0.29, 0.717) is 6.54 Å². The largest absolute Gasteiger partial charge is 0.328 e. The van der Waals surface area contributed by atoms with Crippen LogP contribution in [0.4, 0.5) is 0 Å². The summed E-state index contributed by atoms with van der Waals surface area (Å²) in [5.74, 6) is 1.68. The number of hydrogen-bond donors (Lipinski definition) is 1. The molecule has 0 aliphatic heterocycles. The topological polar surface area (TPSA) is 56.7 Å². The molecule has 2 aromatic rings. The Balaban J connectivity index is 2.40. The van der Waals surface area contributed by atoms with Gasteiger partial charge in [0.1, 0.15) is 11.6 Å². The summed E-state index contributed by atoms with van der Waals surface area (Å²) in [4.78, 5) is 4.30. The first-order valence-corrected chi connectivity index (χ1v) is 5.37. The number of nitrogens with two attached hydrogens (primary N) is 1. The third-order valence-electron chi connectivity index (χ3n) is 2.61. The first-order chi connectivity index (χ1) is 7.72. The maximum absolute atomic E-state index is 5.83. The molecule has 4 heteroatoms. The first kappa shape index (κ1) is 10.8. The van der Waals surface area contributed by atoms with Gasteiger partial charge in [-0.05, 0) is 19.4 Å². The van der Waals surface area contributed by atoms with Gasteiger partial charge in [0, 0.05) is 6.54 Å². The molecule has 0 saturated carbocycles. The van der Waals surface area contributed by atoms with Crippen LogP contribution in [0.1, 0.15) is 23.3 Å². The zero-order valence-corrected chi connectivity index (χ0v) is 9.59. The zero-order chi connectivity index (χ0) is 11.5. The maximum Gasteiger partial charge on any atom is 0.147 e. The maximum atomic E-state index is 5.83. The smallest absolute Gasteiger partial charge is 0.147 e. The second kappa shape index (κ2) is 4.45. The van der Waals surface area contributed by atoms with Crippen LogP contribution >= 0.6 is 0 Å². The number of aromatic nitrogens is 3. The highest BCUT2D eigenvalue weighted by Crippen LogP contribution is 2.17. The number of nitrogens with zero attached hydrogens (tertiary/aromatic N) is 3. The van der Waals surface area contributed by atoms with Gasteiger partial charge in [-0.2, -0.15) is 5.10 Å². The van der Waals surface area contributed by atoms with Gasteiger partial charge >= 0.3 is 0 Å². The van der Waals surface area contributed by atoms with E-state index in [1.807, 2.05) is 36.7 Å². The van der Waals surface area contributed by atoms with Crippen LogP contribution in [0.2, 0.25) is 0 Å². The Hall–Kier alpha value is -1.68. The molecule has 0 spiro atoms. The Kier molecular flexibility index (Phi) is 3.01. The standard InChI is InChI=1S/C12H16N4/c1-9-14-10(2)16(15-9)12(8-13)11-6-4-3-5-7-11/h3-7,12H,8,13H2,1-2H3. The van der Waals surface area contributed by atoms with E-state index < -0.39 is 0 Å². The van der Waals surface area contributed by atoms with Crippen LogP contribution in [0.5, 0.6) is 0 Å². The quantitative estimate of drug-likeness (QED) is 0.844. The fourth-order valence-corrected chi connectivity index (χ4v) is 1.88. The predicted molar refractivity (Wildman–Crippen MR) is 63.1 cm³/mol. The number of benzene rings is 1. The average molecular weight is 216 g/mol. The summed E-state index contributed by atoms with van der Waals surface area (Å²) in [5.41, 5.74) is 6.99. The minimum Gasteiger partial charge on any atom is -0.328 e. The second-order valence-corrected chi connectivity index (χ2v) is 3.81. The van der Waals surface area contributed by atoms with Gasteiger partial charge in [0.2, 0.25) is 0 Å². The van der Waals surface area contributed by atoms with E-state index in [2.05, 4.69) is 22.2 Å². The number of hydrogen-bond acceptors (Lipinski definition) is 3. The molecule has 1 aromatic heterocycles. The van der Waals surface area contributed by atoms with E-state index in [9.17, 15) is 0 Å². The van der Waals surface area contributed by atoms with Crippen LogP contribution in [0.15, 0.2) is 30.3 Å². The molecule has 2 N–H and O–H groups in total. The van der Waals surface area contributed by atoms with Gasteiger partial charge in [-0.1, -0.05) is 30.3 Å². The van der Waals surface area contributed by atoms with E-state index >= 15 is 0 Å². The van der Waals surface area contributed by atoms with E-state index in [1.165, 1.54) is 0 Å². The summed E-state index contributed by atoms with van der Waals surface area (Å²) < 4.78 is 1.89. The van der Waals surface area contributed by atoms with Crippen molar-refractivity contribution in [3.63, 3.8) is 0 Å².